The van der Waals surface area contributed by atoms with E-state index in [0.29, 0.717) is 23.3 Å². The van der Waals surface area contributed by atoms with E-state index in [9.17, 15) is 4.79 Å². The molecule has 3 fully saturated rings. The highest BCUT2D eigenvalue weighted by atomic mass is 16.5. The van der Waals surface area contributed by atoms with E-state index in [4.69, 9.17) is 15.2 Å². The summed E-state index contributed by atoms with van der Waals surface area (Å²) in [5.74, 6) is 1.20. The van der Waals surface area contributed by atoms with E-state index < -0.39 is 0 Å². The number of hydrogen-bond acceptors (Lipinski definition) is 4. The van der Waals surface area contributed by atoms with Crippen molar-refractivity contribution < 1.29 is 14.3 Å². The van der Waals surface area contributed by atoms with E-state index in [2.05, 4.69) is 11.0 Å². The predicted octanol–water partition coefficient (Wildman–Crippen LogP) is 2.40. The highest BCUT2D eigenvalue weighted by molar-refractivity contribution is 5.92. The number of rotatable bonds is 5. The Kier molecular flexibility index (Phi) is 5.04. The molecule has 0 spiro atoms. The minimum atomic E-state index is -0.373. The lowest BCUT2D eigenvalue weighted by Crippen LogP contribution is -2.59. The molecule has 3 aliphatic rings. The van der Waals surface area contributed by atoms with Gasteiger partial charge in [0.15, 0.2) is 0 Å². The minimum Gasteiger partial charge on any atom is -0.381 e. The van der Waals surface area contributed by atoms with Gasteiger partial charge in [-0.05, 0) is 42.9 Å². The maximum Gasteiger partial charge on any atom is 0.248 e. The quantitative estimate of drug-likeness (QED) is 0.878. The first kappa shape index (κ1) is 18.0. The minimum absolute atomic E-state index is 0.299. The monoisotopic (exact) mass is 358 g/mol. The lowest BCUT2D eigenvalue weighted by molar-refractivity contribution is -0.170. The third-order valence-corrected chi connectivity index (χ3v) is 6.75. The Balaban J connectivity index is 1.61. The summed E-state index contributed by atoms with van der Waals surface area (Å²) < 4.78 is 11.8. The Morgan fingerprint density at radius 2 is 2.08 bits per heavy atom. The molecule has 2 saturated heterocycles. The maximum absolute atomic E-state index is 11.7. The summed E-state index contributed by atoms with van der Waals surface area (Å²) in [5, 5.41) is 0. The predicted molar refractivity (Wildman–Crippen MR) is 99.8 cm³/mol. The van der Waals surface area contributed by atoms with Crippen molar-refractivity contribution in [3.63, 3.8) is 0 Å². The summed E-state index contributed by atoms with van der Waals surface area (Å²) in [6.07, 6.45) is 4.78. The van der Waals surface area contributed by atoms with Crippen LogP contribution in [0.3, 0.4) is 0 Å². The number of amides is 1. The van der Waals surface area contributed by atoms with Gasteiger partial charge in [0.05, 0.1) is 6.61 Å². The zero-order chi connectivity index (χ0) is 18.1. The third-order valence-electron chi connectivity index (χ3n) is 6.75. The van der Waals surface area contributed by atoms with Gasteiger partial charge < -0.3 is 20.1 Å². The van der Waals surface area contributed by atoms with Gasteiger partial charge in [0.2, 0.25) is 5.91 Å². The molecule has 0 unspecified atom stereocenters. The molecule has 1 amide bonds. The van der Waals surface area contributed by atoms with Crippen molar-refractivity contribution in [2.45, 2.75) is 31.3 Å². The average Bonchev–Trinajstić information content (AvgIpc) is 3.14. The van der Waals surface area contributed by atoms with Crippen LogP contribution in [0, 0.1) is 17.8 Å². The van der Waals surface area contributed by atoms with E-state index in [0.717, 1.165) is 38.4 Å². The second-order valence-corrected chi connectivity index (χ2v) is 8.22. The molecule has 5 heteroatoms. The molecule has 2 bridgehead atoms. The smallest absolute Gasteiger partial charge is 0.248 e. The van der Waals surface area contributed by atoms with Gasteiger partial charge in [-0.15, -0.1) is 0 Å². The number of methoxy groups -OCH3 is 1. The molecule has 1 aromatic rings. The zero-order valence-corrected chi connectivity index (χ0v) is 15.7. The summed E-state index contributed by atoms with van der Waals surface area (Å²) in [6, 6.07) is 7.80. The van der Waals surface area contributed by atoms with Crippen LogP contribution in [-0.2, 0) is 15.1 Å². The number of fused-ring (bicyclic) bond motifs is 2. The topological polar surface area (TPSA) is 64.8 Å². The van der Waals surface area contributed by atoms with Gasteiger partial charge in [0.1, 0.15) is 5.60 Å². The summed E-state index contributed by atoms with van der Waals surface area (Å²) in [4.78, 5) is 14.3. The second kappa shape index (κ2) is 7.29. The molecule has 1 aliphatic carbocycles. The van der Waals surface area contributed by atoms with Crippen LogP contribution in [0.15, 0.2) is 24.3 Å². The SMILES string of the molecule is CO[C@]1(c2cccc(C(N)=O)c2)[C@@H]2CCC[C@H]1CN(C[C@H]1CCOC1)C2. The van der Waals surface area contributed by atoms with Crippen molar-refractivity contribution in [3.8, 4) is 0 Å². The van der Waals surface area contributed by atoms with Crippen LogP contribution in [0.25, 0.3) is 0 Å². The van der Waals surface area contributed by atoms with Crippen molar-refractivity contribution >= 4 is 5.91 Å². The molecule has 4 rings (SSSR count). The number of likely N-dealkylation sites (tertiary alicyclic amines) is 1. The van der Waals surface area contributed by atoms with Crippen LogP contribution in [0.4, 0.5) is 0 Å². The lowest BCUT2D eigenvalue weighted by atomic mass is 9.62. The molecule has 2 N–H and O–H groups in total. The highest BCUT2D eigenvalue weighted by Crippen LogP contribution is 2.51. The van der Waals surface area contributed by atoms with Crippen LogP contribution in [0.5, 0.6) is 0 Å². The van der Waals surface area contributed by atoms with E-state index >= 15 is 0 Å². The van der Waals surface area contributed by atoms with Crippen LogP contribution < -0.4 is 5.73 Å². The zero-order valence-electron chi connectivity index (χ0n) is 15.7. The van der Waals surface area contributed by atoms with Crippen molar-refractivity contribution in [3.05, 3.63) is 35.4 Å². The fourth-order valence-electron chi connectivity index (χ4n) is 5.60. The van der Waals surface area contributed by atoms with Gasteiger partial charge >= 0.3 is 0 Å². The van der Waals surface area contributed by atoms with Gasteiger partial charge in [-0.3, -0.25) is 4.79 Å². The van der Waals surface area contributed by atoms with Crippen molar-refractivity contribution in [1.29, 1.82) is 0 Å². The Hall–Kier alpha value is -1.43. The molecule has 142 valence electrons. The molecule has 26 heavy (non-hydrogen) atoms. The summed E-state index contributed by atoms with van der Waals surface area (Å²) in [5.41, 5.74) is 6.92. The van der Waals surface area contributed by atoms with Crippen LogP contribution in [0.2, 0.25) is 0 Å². The molecular formula is C21H30N2O3. The molecule has 5 nitrogen and oxygen atoms in total. The summed E-state index contributed by atoms with van der Waals surface area (Å²) in [6.45, 7) is 5.06. The number of nitrogens with two attached hydrogens (primary N) is 1. The summed E-state index contributed by atoms with van der Waals surface area (Å²) >= 11 is 0. The van der Waals surface area contributed by atoms with Gasteiger partial charge in [0, 0.05) is 50.8 Å². The number of carbonyl (C=O) groups excluding carboxylic acids is 1. The third kappa shape index (κ3) is 3.06. The molecule has 0 aromatic heterocycles. The molecule has 1 saturated carbocycles. The van der Waals surface area contributed by atoms with E-state index in [1.165, 1.54) is 25.7 Å². The number of ether oxygens (including phenoxy) is 2. The standard InChI is InChI=1S/C21H30N2O3/c1-25-21(17-5-2-4-16(10-17)20(22)24)18-6-3-7-19(21)13-23(12-18)11-15-8-9-26-14-15/h2,4-5,10,15,18-19H,3,6-9,11-14H2,1H3,(H2,22,24)/t15-,18-,19+,21-/m1/s1. The van der Waals surface area contributed by atoms with Gasteiger partial charge in [-0.2, -0.15) is 0 Å². The molecule has 2 heterocycles. The van der Waals surface area contributed by atoms with Gasteiger partial charge in [0.25, 0.3) is 0 Å². The first-order valence-corrected chi connectivity index (χ1v) is 9.89. The number of hydrogen-bond donors (Lipinski definition) is 1. The average molecular weight is 358 g/mol. The normalized spacial score (nSPS) is 34.7. The van der Waals surface area contributed by atoms with E-state index in [1.807, 2.05) is 19.2 Å². The number of benzene rings is 1. The molecular weight excluding hydrogens is 328 g/mol. The first-order valence-electron chi connectivity index (χ1n) is 9.89. The first-order chi connectivity index (χ1) is 12.6. The molecule has 0 radical (unpaired) electrons. The van der Waals surface area contributed by atoms with Gasteiger partial charge in [-0.25, -0.2) is 0 Å². The fourth-order valence-corrected chi connectivity index (χ4v) is 5.60. The second-order valence-electron chi connectivity index (χ2n) is 8.22. The molecule has 1 aromatic carbocycles. The van der Waals surface area contributed by atoms with Gasteiger partial charge in [-0.1, -0.05) is 18.6 Å². The maximum atomic E-state index is 11.7. The van der Waals surface area contributed by atoms with E-state index in [-0.39, 0.29) is 11.5 Å². The number of primary amides is 1. The molecule has 4 atom stereocenters. The Morgan fingerprint density at radius 3 is 2.69 bits per heavy atom. The fraction of sp³-hybridized carbons (Fsp3) is 0.667. The van der Waals surface area contributed by atoms with Crippen LogP contribution in [-0.4, -0.2) is 50.8 Å². The number of piperidine rings is 1. The Morgan fingerprint density at radius 1 is 1.31 bits per heavy atom. The lowest BCUT2D eigenvalue weighted by Gasteiger charge is -2.55. The van der Waals surface area contributed by atoms with Crippen molar-refractivity contribution in [2.75, 3.05) is 40.0 Å². The Bertz CT molecular complexity index is 642. The molecule has 2 aliphatic heterocycles. The Labute approximate surface area is 155 Å². The van der Waals surface area contributed by atoms with Crippen LogP contribution >= 0.6 is 0 Å². The summed E-state index contributed by atoms with van der Waals surface area (Å²) in [7, 11) is 1.84. The number of nitrogens with zero attached hydrogens (tertiary/aromatic N) is 1. The van der Waals surface area contributed by atoms with Crippen LogP contribution in [0.1, 0.15) is 41.6 Å². The number of carbonyl (C=O) groups is 1. The van der Waals surface area contributed by atoms with E-state index in [1.54, 1.807) is 6.07 Å². The largest absolute Gasteiger partial charge is 0.381 e. The highest BCUT2D eigenvalue weighted by Gasteiger charge is 2.53. The van der Waals surface area contributed by atoms with Crippen molar-refractivity contribution in [1.82, 2.24) is 4.90 Å². The van der Waals surface area contributed by atoms with Crippen molar-refractivity contribution in [2.24, 2.45) is 23.5 Å².